The van der Waals surface area contributed by atoms with Crippen molar-refractivity contribution in [2.24, 2.45) is 10.9 Å². The number of hydrogen-bond acceptors (Lipinski definition) is 4. The number of rotatable bonds is 3. The van der Waals surface area contributed by atoms with Gasteiger partial charge in [-0.3, -0.25) is 4.99 Å². The van der Waals surface area contributed by atoms with Gasteiger partial charge in [0.05, 0.1) is 19.2 Å². The Morgan fingerprint density at radius 2 is 2.36 bits per heavy atom. The van der Waals surface area contributed by atoms with Crippen LogP contribution in [0.15, 0.2) is 4.99 Å². The molecule has 1 heterocycles. The Labute approximate surface area is 85.1 Å². The maximum Gasteiger partial charge on any atom is 0.191 e. The highest BCUT2D eigenvalue weighted by atomic mass is 16.5. The molecule has 0 aromatic heterocycles. The standard InChI is InChI=1S/C10H19N3O/c1-7-3-8(4-7)12-10-11-5-9(13-10)6-14-2/h7-9H,3-6H2,1-2H3,(H2,11,12,13). The third kappa shape index (κ3) is 2.18. The van der Waals surface area contributed by atoms with Gasteiger partial charge in [0.15, 0.2) is 5.96 Å². The predicted octanol–water partition coefficient (Wildman–Crippen LogP) is 0.349. The number of methoxy groups -OCH3 is 1. The van der Waals surface area contributed by atoms with Crippen molar-refractivity contribution in [1.29, 1.82) is 0 Å². The summed E-state index contributed by atoms with van der Waals surface area (Å²) in [7, 11) is 1.72. The van der Waals surface area contributed by atoms with Crippen molar-refractivity contribution in [3.63, 3.8) is 0 Å². The second kappa shape index (κ2) is 4.17. The molecule has 0 saturated heterocycles. The Balaban J connectivity index is 1.68. The van der Waals surface area contributed by atoms with E-state index < -0.39 is 0 Å². The van der Waals surface area contributed by atoms with Crippen molar-refractivity contribution in [3.8, 4) is 0 Å². The first-order valence-corrected chi connectivity index (χ1v) is 5.34. The summed E-state index contributed by atoms with van der Waals surface area (Å²) in [5, 5.41) is 6.74. The molecule has 1 aliphatic heterocycles. The minimum atomic E-state index is 0.361. The maximum atomic E-state index is 5.07. The minimum Gasteiger partial charge on any atom is -0.382 e. The van der Waals surface area contributed by atoms with Gasteiger partial charge in [-0.2, -0.15) is 0 Å². The quantitative estimate of drug-likeness (QED) is 0.686. The molecule has 0 bridgehead atoms. The van der Waals surface area contributed by atoms with E-state index in [0.29, 0.717) is 12.1 Å². The van der Waals surface area contributed by atoms with Crippen LogP contribution >= 0.6 is 0 Å². The molecule has 1 fully saturated rings. The number of ether oxygens (including phenoxy) is 1. The van der Waals surface area contributed by atoms with Gasteiger partial charge < -0.3 is 15.4 Å². The molecular formula is C10H19N3O. The van der Waals surface area contributed by atoms with E-state index in [1.54, 1.807) is 7.11 Å². The summed E-state index contributed by atoms with van der Waals surface area (Å²) in [6.45, 7) is 3.85. The van der Waals surface area contributed by atoms with E-state index in [2.05, 4.69) is 22.5 Å². The third-order valence-corrected chi connectivity index (χ3v) is 2.89. The summed E-state index contributed by atoms with van der Waals surface area (Å²) in [5.41, 5.74) is 0. The number of aliphatic imine (C=N–C) groups is 1. The molecule has 1 saturated carbocycles. The molecule has 2 N–H and O–H groups in total. The highest BCUT2D eigenvalue weighted by Crippen LogP contribution is 2.26. The summed E-state index contributed by atoms with van der Waals surface area (Å²) in [5.74, 6) is 1.84. The third-order valence-electron chi connectivity index (χ3n) is 2.89. The zero-order valence-corrected chi connectivity index (χ0v) is 8.92. The van der Waals surface area contributed by atoms with Gasteiger partial charge in [-0.1, -0.05) is 6.92 Å². The first-order chi connectivity index (χ1) is 6.78. The van der Waals surface area contributed by atoms with Gasteiger partial charge in [-0.05, 0) is 18.8 Å². The predicted molar refractivity (Wildman–Crippen MR) is 56.4 cm³/mol. The minimum absolute atomic E-state index is 0.361. The van der Waals surface area contributed by atoms with Crippen molar-refractivity contribution in [1.82, 2.24) is 10.6 Å². The molecule has 0 radical (unpaired) electrons. The molecule has 4 nitrogen and oxygen atoms in total. The second-order valence-electron chi connectivity index (χ2n) is 4.40. The molecule has 14 heavy (non-hydrogen) atoms. The Bertz CT molecular complexity index is 223. The Morgan fingerprint density at radius 3 is 3.00 bits per heavy atom. The summed E-state index contributed by atoms with van der Waals surface area (Å²) < 4.78 is 5.07. The molecule has 0 aromatic carbocycles. The van der Waals surface area contributed by atoms with Crippen LogP contribution in [-0.2, 0) is 4.74 Å². The number of hydrogen-bond donors (Lipinski definition) is 2. The van der Waals surface area contributed by atoms with Gasteiger partial charge in [0.2, 0.25) is 0 Å². The van der Waals surface area contributed by atoms with Crippen molar-refractivity contribution in [3.05, 3.63) is 0 Å². The largest absolute Gasteiger partial charge is 0.382 e. The van der Waals surface area contributed by atoms with Gasteiger partial charge >= 0.3 is 0 Å². The number of nitrogens with one attached hydrogen (secondary N) is 2. The van der Waals surface area contributed by atoms with Crippen LogP contribution in [-0.4, -0.2) is 38.3 Å². The molecule has 0 spiro atoms. The Morgan fingerprint density at radius 1 is 1.57 bits per heavy atom. The topological polar surface area (TPSA) is 45.6 Å². The summed E-state index contributed by atoms with van der Waals surface area (Å²) in [6.07, 6.45) is 2.55. The molecule has 1 atom stereocenters. The maximum absolute atomic E-state index is 5.07. The van der Waals surface area contributed by atoms with E-state index >= 15 is 0 Å². The molecule has 1 aliphatic carbocycles. The average Bonchev–Trinajstić information content (AvgIpc) is 2.51. The van der Waals surface area contributed by atoms with Crippen molar-refractivity contribution < 1.29 is 4.74 Å². The molecule has 2 rings (SSSR count). The van der Waals surface area contributed by atoms with Crippen molar-refractivity contribution in [2.75, 3.05) is 20.3 Å². The fourth-order valence-corrected chi connectivity index (χ4v) is 2.08. The monoisotopic (exact) mass is 197 g/mol. The SMILES string of the molecule is COCC1CN=C(NC2CC(C)C2)N1. The molecule has 1 unspecified atom stereocenters. The van der Waals surface area contributed by atoms with E-state index in [1.807, 2.05) is 0 Å². The normalized spacial score (nSPS) is 35.9. The van der Waals surface area contributed by atoms with E-state index in [1.165, 1.54) is 12.8 Å². The molecule has 2 aliphatic rings. The summed E-state index contributed by atoms with van der Waals surface area (Å²) in [6, 6.07) is 0.998. The van der Waals surface area contributed by atoms with Gasteiger partial charge in [0, 0.05) is 13.2 Å². The molecule has 4 heteroatoms. The number of nitrogens with zero attached hydrogens (tertiary/aromatic N) is 1. The van der Waals surface area contributed by atoms with Crippen LogP contribution in [0.1, 0.15) is 19.8 Å². The molecular weight excluding hydrogens is 178 g/mol. The lowest BCUT2D eigenvalue weighted by atomic mass is 9.82. The molecule has 0 amide bonds. The van der Waals surface area contributed by atoms with Gasteiger partial charge in [-0.15, -0.1) is 0 Å². The lowest BCUT2D eigenvalue weighted by Gasteiger charge is -2.33. The lowest BCUT2D eigenvalue weighted by Crippen LogP contribution is -2.49. The van der Waals surface area contributed by atoms with Crippen LogP contribution in [0.5, 0.6) is 0 Å². The molecule has 80 valence electrons. The first-order valence-electron chi connectivity index (χ1n) is 5.34. The Hall–Kier alpha value is -0.770. The molecule has 0 aromatic rings. The van der Waals surface area contributed by atoms with Crippen LogP contribution in [0, 0.1) is 5.92 Å². The first kappa shape index (κ1) is 9.77. The lowest BCUT2D eigenvalue weighted by molar-refractivity contribution is 0.178. The van der Waals surface area contributed by atoms with E-state index in [-0.39, 0.29) is 0 Å². The van der Waals surface area contributed by atoms with Crippen LogP contribution in [0.25, 0.3) is 0 Å². The van der Waals surface area contributed by atoms with Crippen LogP contribution in [0.4, 0.5) is 0 Å². The highest BCUT2D eigenvalue weighted by molar-refractivity contribution is 5.82. The van der Waals surface area contributed by atoms with Crippen LogP contribution < -0.4 is 10.6 Å². The van der Waals surface area contributed by atoms with Crippen LogP contribution in [0.2, 0.25) is 0 Å². The fourth-order valence-electron chi connectivity index (χ4n) is 2.08. The second-order valence-corrected chi connectivity index (χ2v) is 4.40. The smallest absolute Gasteiger partial charge is 0.191 e. The average molecular weight is 197 g/mol. The highest BCUT2D eigenvalue weighted by Gasteiger charge is 2.27. The van der Waals surface area contributed by atoms with Gasteiger partial charge in [0.25, 0.3) is 0 Å². The summed E-state index contributed by atoms with van der Waals surface area (Å²) in [4.78, 5) is 4.40. The van der Waals surface area contributed by atoms with E-state index in [0.717, 1.165) is 25.0 Å². The Kier molecular flexibility index (Phi) is 2.91. The van der Waals surface area contributed by atoms with E-state index in [4.69, 9.17) is 4.74 Å². The summed E-state index contributed by atoms with van der Waals surface area (Å²) >= 11 is 0. The van der Waals surface area contributed by atoms with E-state index in [9.17, 15) is 0 Å². The number of guanidine groups is 1. The van der Waals surface area contributed by atoms with Gasteiger partial charge in [0.1, 0.15) is 0 Å². The van der Waals surface area contributed by atoms with Crippen molar-refractivity contribution >= 4 is 5.96 Å². The zero-order valence-electron chi connectivity index (χ0n) is 8.92. The zero-order chi connectivity index (χ0) is 9.97. The van der Waals surface area contributed by atoms with Crippen LogP contribution in [0.3, 0.4) is 0 Å². The van der Waals surface area contributed by atoms with Crippen molar-refractivity contribution in [2.45, 2.75) is 31.8 Å². The fraction of sp³-hybridized carbons (Fsp3) is 0.900. The van der Waals surface area contributed by atoms with Gasteiger partial charge in [-0.25, -0.2) is 0 Å².